The number of halogens is 1. The van der Waals surface area contributed by atoms with E-state index in [1.54, 1.807) is 0 Å². The summed E-state index contributed by atoms with van der Waals surface area (Å²) in [5.41, 5.74) is -0.841. The summed E-state index contributed by atoms with van der Waals surface area (Å²) in [7, 11) is -3.64. The number of imide groups is 1. The van der Waals surface area contributed by atoms with Gasteiger partial charge in [-0.3, -0.25) is 14.5 Å². The van der Waals surface area contributed by atoms with Gasteiger partial charge < -0.3 is 10.2 Å². The predicted octanol–water partition coefficient (Wildman–Crippen LogP) is 1.10. The molecule has 0 unspecified atom stereocenters. The van der Waals surface area contributed by atoms with Gasteiger partial charge >= 0.3 is 6.03 Å². The quantitative estimate of drug-likeness (QED) is 0.677. The number of urea groups is 1. The van der Waals surface area contributed by atoms with Crippen LogP contribution in [0.3, 0.4) is 0 Å². The summed E-state index contributed by atoms with van der Waals surface area (Å²) in [5.74, 6) is -0.691. The third-order valence-electron chi connectivity index (χ3n) is 5.73. The van der Waals surface area contributed by atoms with Crippen LogP contribution in [-0.4, -0.2) is 78.6 Å². The van der Waals surface area contributed by atoms with Crippen molar-refractivity contribution in [2.75, 3.05) is 32.7 Å². The van der Waals surface area contributed by atoms with Crippen molar-refractivity contribution in [3.63, 3.8) is 0 Å². The summed E-state index contributed by atoms with van der Waals surface area (Å²) in [6.07, 6.45) is 2.95. The molecule has 1 aromatic rings. The Morgan fingerprint density at radius 3 is 2.38 bits per heavy atom. The average molecular weight is 461 g/mol. The molecule has 158 valence electrons. The maximum absolute atomic E-state index is 12.7. The van der Waals surface area contributed by atoms with Crippen molar-refractivity contribution in [1.82, 2.24) is 19.4 Å². The number of hydrogen-bond acceptors (Lipinski definition) is 6. The molecule has 0 bridgehead atoms. The van der Waals surface area contributed by atoms with Gasteiger partial charge in [-0.25, -0.2) is 13.2 Å². The molecule has 4 rings (SSSR count). The lowest BCUT2D eigenvalue weighted by Crippen LogP contribution is -2.53. The third-order valence-corrected chi connectivity index (χ3v) is 9.33. The summed E-state index contributed by atoms with van der Waals surface area (Å²) >= 11 is 6.83. The fourth-order valence-electron chi connectivity index (χ4n) is 4.11. The molecule has 3 heterocycles. The number of nitrogens with zero attached hydrogens (tertiary/aromatic N) is 3. The molecule has 12 heteroatoms. The second kappa shape index (κ2) is 7.53. The van der Waals surface area contributed by atoms with E-state index in [0.717, 1.165) is 29.1 Å². The van der Waals surface area contributed by atoms with Gasteiger partial charge in [0, 0.05) is 26.2 Å². The lowest BCUT2D eigenvalue weighted by atomic mass is 9.98. The normalized spacial score (nSPS) is 22.5. The monoisotopic (exact) mass is 460 g/mol. The number of thiophene rings is 1. The first-order chi connectivity index (χ1) is 13.7. The molecular formula is C17H21ClN4O5S2. The first kappa shape index (κ1) is 20.6. The Bertz CT molecular complexity index is 949. The van der Waals surface area contributed by atoms with Crippen molar-refractivity contribution in [3.05, 3.63) is 16.5 Å². The van der Waals surface area contributed by atoms with E-state index in [1.165, 1.54) is 21.3 Å². The fraction of sp³-hybridized carbons (Fsp3) is 0.588. The van der Waals surface area contributed by atoms with Crippen molar-refractivity contribution in [3.8, 4) is 0 Å². The molecule has 1 spiro atoms. The van der Waals surface area contributed by atoms with Crippen LogP contribution < -0.4 is 5.32 Å². The van der Waals surface area contributed by atoms with Gasteiger partial charge in [0.2, 0.25) is 5.91 Å². The van der Waals surface area contributed by atoms with Crippen LogP contribution in [-0.2, 0) is 19.6 Å². The molecule has 1 aliphatic carbocycles. The Morgan fingerprint density at radius 2 is 1.79 bits per heavy atom. The fourth-order valence-corrected chi connectivity index (χ4v) is 7.17. The maximum Gasteiger partial charge on any atom is 0.325 e. The molecule has 1 N–H and O–H groups in total. The largest absolute Gasteiger partial charge is 0.338 e. The van der Waals surface area contributed by atoms with E-state index in [4.69, 9.17) is 11.6 Å². The van der Waals surface area contributed by atoms with E-state index in [9.17, 15) is 22.8 Å². The van der Waals surface area contributed by atoms with Crippen LogP contribution in [0.5, 0.6) is 0 Å². The van der Waals surface area contributed by atoms with E-state index in [2.05, 4.69) is 5.32 Å². The lowest BCUT2D eigenvalue weighted by molar-refractivity contribution is -0.139. The topological polar surface area (TPSA) is 107 Å². The number of rotatable bonds is 4. The summed E-state index contributed by atoms with van der Waals surface area (Å²) < 4.78 is 27.2. The molecule has 4 amide bonds. The van der Waals surface area contributed by atoms with Crippen molar-refractivity contribution < 1.29 is 22.8 Å². The van der Waals surface area contributed by atoms with E-state index in [0.29, 0.717) is 17.2 Å². The lowest BCUT2D eigenvalue weighted by Gasteiger charge is -2.34. The van der Waals surface area contributed by atoms with Crippen LogP contribution in [0.25, 0.3) is 0 Å². The molecule has 29 heavy (non-hydrogen) atoms. The Morgan fingerprint density at radius 1 is 1.14 bits per heavy atom. The number of sulfonamides is 1. The summed E-state index contributed by atoms with van der Waals surface area (Å²) in [5, 5.41) is 2.75. The average Bonchev–Trinajstić information content (AvgIpc) is 3.40. The number of carbonyl (C=O) groups excluding carboxylic acids is 3. The van der Waals surface area contributed by atoms with Crippen molar-refractivity contribution in [2.45, 2.75) is 35.4 Å². The number of nitrogens with one attached hydrogen (secondary N) is 1. The standard InChI is InChI=1S/C17H21ClN4O5S2/c18-12-3-4-14(28-12)29(26,27)21-9-7-20(8-10-21)13(23)11-22-15(24)17(19-16(22)25)5-1-2-6-17/h3-4H,1-2,5-11H2,(H,19,25). The van der Waals surface area contributed by atoms with Crippen molar-refractivity contribution >= 4 is 50.8 Å². The van der Waals surface area contributed by atoms with Crippen LogP contribution in [0.2, 0.25) is 4.34 Å². The smallest absolute Gasteiger partial charge is 0.325 e. The van der Waals surface area contributed by atoms with Crippen LogP contribution >= 0.6 is 22.9 Å². The SMILES string of the molecule is O=C(CN1C(=O)NC2(CCCC2)C1=O)N1CCN(S(=O)(=O)c2ccc(Cl)s2)CC1. The molecular weight excluding hydrogens is 440 g/mol. The zero-order valence-electron chi connectivity index (χ0n) is 15.6. The number of hydrogen-bond donors (Lipinski definition) is 1. The zero-order valence-corrected chi connectivity index (χ0v) is 18.0. The van der Waals surface area contributed by atoms with Crippen LogP contribution in [0.4, 0.5) is 4.79 Å². The van der Waals surface area contributed by atoms with Gasteiger partial charge in [-0.05, 0) is 25.0 Å². The van der Waals surface area contributed by atoms with E-state index < -0.39 is 21.6 Å². The van der Waals surface area contributed by atoms with Crippen LogP contribution in [0, 0.1) is 0 Å². The minimum atomic E-state index is -3.64. The molecule has 3 fully saturated rings. The summed E-state index contributed by atoms with van der Waals surface area (Å²) in [4.78, 5) is 40.0. The maximum atomic E-state index is 12.7. The molecule has 0 radical (unpaired) electrons. The molecule has 2 aliphatic heterocycles. The predicted molar refractivity (Wildman–Crippen MR) is 106 cm³/mol. The summed E-state index contributed by atoms with van der Waals surface area (Å²) in [6.45, 7) is 0.374. The third kappa shape index (κ3) is 3.65. The van der Waals surface area contributed by atoms with Gasteiger partial charge in [0.25, 0.3) is 15.9 Å². The molecule has 9 nitrogen and oxygen atoms in total. The number of piperazine rings is 1. The first-order valence-electron chi connectivity index (χ1n) is 9.40. The van der Waals surface area contributed by atoms with E-state index >= 15 is 0 Å². The highest BCUT2D eigenvalue weighted by atomic mass is 35.5. The first-order valence-corrected chi connectivity index (χ1v) is 12.0. The number of amides is 4. The van der Waals surface area contributed by atoms with Gasteiger partial charge in [0.05, 0.1) is 4.34 Å². The Kier molecular flexibility index (Phi) is 5.34. The molecule has 0 aromatic carbocycles. The van der Waals surface area contributed by atoms with E-state index in [1.807, 2.05) is 0 Å². The molecule has 1 saturated carbocycles. The summed E-state index contributed by atoms with van der Waals surface area (Å²) in [6, 6.07) is 2.48. The highest BCUT2D eigenvalue weighted by Crippen LogP contribution is 2.35. The van der Waals surface area contributed by atoms with Gasteiger partial charge in [0.1, 0.15) is 16.3 Å². The molecule has 1 aromatic heterocycles. The zero-order chi connectivity index (χ0) is 20.8. The Hall–Kier alpha value is -1.69. The van der Waals surface area contributed by atoms with Crippen molar-refractivity contribution in [1.29, 1.82) is 0 Å². The van der Waals surface area contributed by atoms with Crippen molar-refractivity contribution in [2.24, 2.45) is 0 Å². The van der Waals surface area contributed by atoms with Crippen LogP contribution in [0.1, 0.15) is 25.7 Å². The van der Waals surface area contributed by atoms with Crippen LogP contribution in [0.15, 0.2) is 16.3 Å². The molecule has 3 aliphatic rings. The highest BCUT2D eigenvalue weighted by molar-refractivity contribution is 7.91. The highest BCUT2D eigenvalue weighted by Gasteiger charge is 2.53. The van der Waals surface area contributed by atoms with E-state index in [-0.39, 0.29) is 48.7 Å². The van der Waals surface area contributed by atoms with Gasteiger partial charge in [-0.2, -0.15) is 4.31 Å². The van der Waals surface area contributed by atoms with Gasteiger partial charge in [-0.1, -0.05) is 24.4 Å². The molecule has 0 atom stereocenters. The number of carbonyl (C=O) groups is 3. The minimum Gasteiger partial charge on any atom is -0.338 e. The Labute approximate surface area is 177 Å². The van der Waals surface area contributed by atoms with Gasteiger partial charge in [-0.15, -0.1) is 11.3 Å². The second-order valence-corrected chi connectivity index (χ2v) is 11.3. The molecule has 2 saturated heterocycles. The Balaban J connectivity index is 1.36. The van der Waals surface area contributed by atoms with Gasteiger partial charge in [0.15, 0.2) is 0 Å². The minimum absolute atomic E-state index is 0.147. The second-order valence-electron chi connectivity index (χ2n) is 7.45.